The first kappa shape index (κ1) is 17.1. The van der Waals surface area contributed by atoms with Gasteiger partial charge in [-0.25, -0.2) is 19.3 Å². The normalized spacial score (nSPS) is 11.7. The SMILES string of the molecule is Cc1ccc(C(C)(C)c2ccc(C)c(-n3cccn3)n2)nc1-n1cccn1. The van der Waals surface area contributed by atoms with Crippen LogP contribution in [0.15, 0.2) is 61.2 Å². The summed E-state index contributed by atoms with van der Waals surface area (Å²) in [4.78, 5) is 9.83. The first-order chi connectivity index (χ1) is 13.0. The molecule has 0 radical (unpaired) electrons. The quantitative estimate of drug-likeness (QED) is 0.557. The zero-order chi connectivity index (χ0) is 19.0. The maximum Gasteiger partial charge on any atom is 0.156 e. The van der Waals surface area contributed by atoms with Crippen molar-refractivity contribution >= 4 is 0 Å². The van der Waals surface area contributed by atoms with Gasteiger partial charge in [-0.05, 0) is 63.1 Å². The van der Waals surface area contributed by atoms with Gasteiger partial charge in [0, 0.05) is 30.2 Å². The molecule has 0 saturated heterocycles. The van der Waals surface area contributed by atoms with Gasteiger partial charge in [0.1, 0.15) is 0 Å². The van der Waals surface area contributed by atoms with Crippen LogP contribution in [0, 0.1) is 13.8 Å². The third-order valence-electron chi connectivity index (χ3n) is 4.86. The third-order valence-corrected chi connectivity index (χ3v) is 4.86. The van der Waals surface area contributed by atoms with Gasteiger partial charge in [0.15, 0.2) is 11.6 Å². The molecule has 4 aromatic rings. The summed E-state index contributed by atoms with van der Waals surface area (Å²) in [6.07, 6.45) is 7.34. The Morgan fingerprint density at radius 1 is 0.704 bits per heavy atom. The van der Waals surface area contributed by atoms with Crippen molar-refractivity contribution in [2.24, 2.45) is 0 Å². The molecule has 6 nitrogen and oxygen atoms in total. The summed E-state index contributed by atoms with van der Waals surface area (Å²) in [5, 5.41) is 8.66. The highest BCUT2D eigenvalue weighted by atomic mass is 15.3. The van der Waals surface area contributed by atoms with Crippen molar-refractivity contribution in [2.45, 2.75) is 33.1 Å². The van der Waals surface area contributed by atoms with E-state index < -0.39 is 0 Å². The Hall–Kier alpha value is -3.28. The van der Waals surface area contributed by atoms with E-state index in [4.69, 9.17) is 9.97 Å². The number of pyridine rings is 2. The smallest absolute Gasteiger partial charge is 0.156 e. The van der Waals surface area contributed by atoms with Crippen molar-refractivity contribution in [1.82, 2.24) is 29.5 Å². The second kappa shape index (κ2) is 6.46. The van der Waals surface area contributed by atoms with Gasteiger partial charge in [-0.3, -0.25) is 0 Å². The van der Waals surface area contributed by atoms with Crippen molar-refractivity contribution in [2.75, 3.05) is 0 Å². The van der Waals surface area contributed by atoms with Gasteiger partial charge < -0.3 is 0 Å². The average Bonchev–Trinajstić information content (AvgIpc) is 3.36. The number of hydrogen-bond acceptors (Lipinski definition) is 4. The molecule has 0 saturated carbocycles. The molecule has 0 unspecified atom stereocenters. The van der Waals surface area contributed by atoms with Crippen LogP contribution in [0.4, 0.5) is 0 Å². The molecular formula is C21H22N6. The third kappa shape index (κ3) is 3.03. The monoisotopic (exact) mass is 358 g/mol. The second-order valence-electron chi connectivity index (χ2n) is 7.20. The van der Waals surface area contributed by atoms with Crippen LogP contribution < -0.4 is 0 Å². The lowest BCUT2D eigenvalue weighted by atomic mass is 9.84. The van der Waals surface area contributed by atoms with Gasteiger partial charge in [0.2, 0.25) is 0 Å². The van der Waals surface area contributed by atoms with E-state index >= 15 is 0 Å². The minimum atomic E-state index is -0.370. The molecule has 0 fully saturated rings. The number of rotatable bonds is 4. The van der Waals surface area contributed by atoms with Gasteiger partial charge in [-0.1, -0.05) is 12.1 Å². The zero-order valence-electron chi connectivity index (χ0n) is 16.0. The van der Waals surface area contributed by atoms with Crippen LogP contribution in [0.2, 0.25) is 0 Å². The minimum absolute atomic E-state index is 0.370. The maximum absolute atomic E-state index is 4.92. The Morgan fingerprint density at radius 2 is 1.15 bits per heavy atom. The van der Waals surface area contributed by atoms with Gasteiger partial charge in [0.05, 0.1) is 11.4 Å². The predicted octanol–water partition coefficient (Wildman–Crippen LogP) is 3.79. The van der Waals surface area contributed by atoms with E-state index in [2.05, 4.69) is 48.3 Å². The van der Waals surface area contributed by atoms with E-state index in [0.717, 1.165) is 34.2 Å². The summed E-state index contributed by atoms with van der Waals surface area (Å²) in [7, 11) is 0. The summed E-state index contributed by atoms with van der Waals surface area (Å²) < 4.78 is 3.60. The zero-order valence-corrected chi connectivity index (χ0v) is 16.0. The topological polar surface area (TPSA) is 61.4 Å². The Kier molecular flexibility index (Phi) is 4.11. The maximum atomic E-state index is 4.92. The highest BCUT2D eigenvalue weighted by Crippen LogP contribution is 2.31. The lowest BCUT2D eigenvalue weighted by Crippen LogP contribution is -2.24. The van der Waals surface area contributed by atoms with E-state index in [1.165, 1.54) is 0 Å². The lowest BCUT2D eigenvalue weighted by Gasteiger charge is -2.25. The molecule has 0 aliphatic heterocycles. The molecule has 136 valence electrons. The molecule has 0 bridgehead atoms. The van der Waals surface area contributed by atoms with Gasteiger partial charge in [-0.15, -0.1) is 0 Å². The van der Waals surface area contributed by atoms with Crippen LogP contribution in [0.1, 0.15) is 36.4 Å². The fraction of sp³-hybridized carbons (Fsp3) is 0.238. The molecule has 6 heteroatoms. The van der Waals surface area contributed by atoms with E-state index in [1.54, 1.807) is 21.8 Å². The van der Waals surface area contributed by atoms with Gasteiger partial charge >= 0.3 is 0 Å². The Morgan fingerprint density at radius 3 is 1.52 bits per heavy atom. The highest BCUT2D eigenvalue weighted by Gasteiger charge is 2.28. The first-order valence-corrected chi connectivity index (χ1v) is 8.93. The van der Waals surface area contributed by atoms with E-state index in [9.17, 15) is 0 Å². The van der Waals surface area contributed by atoms with Crippen LogP contribution >= 0.6 is 0 Å². The number of aromatic nitrogens is 6. The molecule has 0 N–H and O–H groups in total. The summed E-state index contributed by atoms with van der Waals surface area (Å²) in [6.45, 7) is 8.37. The highest BCUT2D eigenvalue weighted by molar-refractivity contribution is 5.41. The summed E-state index contributed by atoms with van der Waals surface area (Å²) in [5.41, 5.74) is 3.67. The standard InChI is InChI=1S/C21H22N6/c1-15-7-9-17(24-19(15)26-13-5-11-22-26)21(3,4)18-10-8-16(2)20(25-18)27-14-6-12-23-27/h5-14H,1-4H3. The predicted molar refractivity (Wildman–Crippen MR) is 104 cm³/mol. The second-order valence-corrected chi connectivity index (χ2v) is 7.20. The van der Waals surface area contributed by atoms with Crippen molar-refractivity contribution in [3.8, 4) is 11.6 Å². The summed E-state index contributed by atoms with van der Waals surface area (Å²) in [6, 6.07) is 12.1. The first-order valence-electron chi connectivity index (χ1n) is 8.93. The van der Waals surface area contributed by atoms with E-state index in [-0.39, 0.29) is 5.41 Å². The van der Waals surface area contributed by atoms with Crippen molar-refractivity contribution in [3.63, 3.8) is 0 Å². The molecule has 0 amide bonds. The van der Waals surface area contributed by atoms with Crippen LogP contribution in [-0.4, -0.2) is 29.5 Å². The number of aryl methyl sites for hydroxylation is 2. The largest absolute Gasteiger partial charge is 0.232 e. The van der Waals surface area contributed by atoms with Crippen molar-refractivity contribution in [1.29, 1.82) is 0 Å². The fourth-order valence-electron chi connectivity index (χ4n) is 3.12. The van der Waals surface area contributed by atoms with E-state index in [1.807, 2.05) is 38.4 Å². The summed E-state index contributed by atoms with van der Waals surface area (Å²) in [5.74, 6) is 1.68. The Labute approximate surface area is 158 Å². The summed E-state index contributed by atoms with van der Waals surface area (Å²) >= 11 is 0. The molecule has 0 aromatic carbocycles. The minimum Gasteiger partial charge on any atom is -0.232 e. The van der Waals surface area contributed by atoms with Crippen molar-refractivity contribution < 1.29 is 0 Å². The molecule has 0 spiro atoms. The van der Waals surface area contributed by atoms with Crippen LogP contribution in [-0.2, 0) is 5.41 Å². The molecule has 0 atom stereocenters. The number of nitrogens with zero attached hydrogens (tertiary/aromatic N) is 6. The van der Waals surface area contributed by atoms with Gasteiger partial charge in [-0.2, -0.15) is 10.2 Å². The average molecular weight is 358 g/mol. The van der Waals surface area contributed by atoms with E-state index in [0.29, 0.717) is 0 Å². The van der Waals surface area contributed by atoms with Crippen molar-refractivity contribution in [3.05, 3.63) is 83.7 Å². The Bertz CT molecular complexity index is 977. The molecule has 0 aliphatic carbocycles. The van der Waals surface area contributed by atoms with Gasteiger partial charge in [0.25, 0.3) is 0 Å². The fourth-order valence-corrected chi connectivity index (χ4v) is 3.12. The van der Waals surface area contributed by atoms with Crippen LogP contribution in [0.3, 0.4) is 0 Å². The molecule has 4 aromatic heterocycles. The van der Waals surface area contributed by atoms with Crippen LogP contribution in [0.25, 0.3) is 11.6 Å². The molecular weight excluding hydrogens is 336 g/mol. The number of hydrogen-bond donors (Lipinski definition) is 0. The molecule has 27 heavy (non-hydrogen) atoms. The molecule has 0 aliphatic rings. The molecule has 4 rings (SSSR count). The molecule has 4 heterocycles. The lowest BCUT2D eigenvalue weighted by molar-refractivity contribution is 0.587. The Balaban J connectivity index is 1.80. The van der Waals surface area contributed by atoms with Crippen LogP contribution in [0.5, 0.6) is 0 Å².